The zero-order valence-electron chi connectivity index (χ0n) is 9.15. The van der Waals surface area contributed by atoms with E-state index in [2.05, 4.69) is 5.32 Å². The molecule has 0 heterocycles. The second kappa shape index (κ2) is 5.06. The summed E-state index contributed by atoms with van der Waals surface area (Å²) in [4.78, 5) is 11.0. The van der Waals surface area contributed by atoms with E-state index in [9.17, 15) is 9.18 Å². The van der Waals surface area contributed by atoms with Crippen molar-refractivity contribution in [1.82, 2.24) is 0 Å². The lowest BCUT2D eigenvalue weighted by atomic mass is 10.1. The fourth-order valence-electron chi connectivity index (χ4n) is 1.53. The lowest BCUT2D eigenvalue weighted by Crippen LogP contribution is -2.05. The third-order valence-corrected chi connectivity index (χ3v) is 2.71. The summed E-state index contributed by atoms with van der Waals surface area (Å²) in [5.74, 6) is -1.85. The van der Waals surface area contributed by atoms with E-state index in [4.69, 9.17) is 16.7 Å². The molecule has 2 aromatic rings. The quantitative estimate of drug-likeness (QED) is 0.884. The highest BCUT2D eigenvalue weighted by molar-refractivity contribution is 6.33. The fourth-order valence-corrected chi connectivity index (χ4v) is 1.71. The summed E-state index contributed by atoms with van der Waals surface area (Å²) in [6.07, 6.45) is 0. The highest BCUT2D eigenvalue weighted by Crippen LogP contribution is 2.28. The molecule has 0 aromatic heterocycles. The molecule has 0 bridgehead atoms. The number of carbonyl (C=O) groups is 1. The smallest absolute Gasteiger partial charge is 0.337 e. The van der Waals surface area contributed by atoms with Gasteiger partial charge < -0.3 is 10.4 Å². The number of carboxylic acid groups (broad SMARTS) is 1. The van der Waals surface area contributed by atoms with Gasteiger partial charge in [-0.3, -0.25) is 0 Å². The molecule has 0 atom stereocenters. The SMILES string of the molecule is O=C(O)c1cccc(F)c1Nc1ccccc1Cl. The molecular weight excluding hydrogens is 257 g/mol. The van der Waals surface area contributed by atoms with Crippen molar-refractivity contribution in [2.45, 2.75) is 0 Å². The number of benzene rings is 2. The van der Waals surface area contributed by atoms with Crippen molar-refractivity contribution in [1.29, 1.82) is 0 Å². The first-order valence-electron chi connectivity index (χ1n) is 5.13. The Bertz CT molecular complexity index is 601. The topological polar surface area (TPSA) is 49.3 Å². The molecule has 92 valence electrons. The highest BCUT2D eigenvalue weighted by Gasteiger charge is 2.14. The number of rotatable bonds is 3. The van der Waals surface area contributed by atoms with Crippen molar-refractivity contribution in [3.05, 3.63) is 58.9 Å². The van der Waals surface area contributed by atoms with Crippen molar-refractivity contribution < 1.29 is 14.3 Å². The van der Waals surface area contributed by atoms with Gasteiger partial charge in [0, 0.05) is 0 Å². The second-order valence-electron chi connectivity index (χ2n) is 3.57. The third kappa shape index (κ3) is 2.43. The van der Waals surface area contributed by atoms with E-state index in [-0.39, 0.29) is 11.3 Å². The van der Waals surface area contributed by atoms with Crippen LogP contribution in [0.25, 0.3) is 0 Å². The Morgan fingerprint density at radius 2 is 1.89 bits per heavy atom. The maximum absolute atomic E-state index is 13.7. The van der Waals surface area contributed by atoms with E-state index in [0.29, 0.717) is 10.7 Å². The zero-order chi connectivity index (χ0) is 13.1. The molecular formula is C13H9ClFNO2. The monoisotopic (exact) mass is 265 g/mol. The lowest BCUT2D eigenvalue weighted by molar-refractivity contribution is 0.0697. The molecule has 0 aliphatic carbocycles. The van der Waals surface area contributed by atoms with E-state index < -0.39 is 11.8 Å². The molecule has 3 nitrogen and oxygen atoms in total. The van der Waals surface area contributed by atoms with Crippen LogP contribution in [0, 0.1) is 5.82 Å². The van der Waals surface area contributed by atoms with Crippen molar-refractivity contribution in [2.24, 2.45) is 0 Å². The van der Waals surface area contributed by atoms with Gasteiger partial charge in [0.25, 0.3) is 0 Å². The average molecular weight is 266 g/mol. The minimum atomic E-state index is -1.20. The van der Waals surface area contributed by atoms with Gasteiger partial charge in [0.1, 0.15) is 5.82 Å². The molecule has 0 aliphatic heterocycles. The largest absolute Gasteiger partial charge is 0.478 e. The van der Waals surface area contributed by atoms with Crippen LogP contribution in [0.15, 0.2) is 42.5 Å². The van der Waals surface area contributed by atoms with Crippen LogP contribution in [0.4, 0.5) is 15.8 Å². The molecule has 2 N–H and O–H groups in total. The van der Waals surface area contributed by atoms with Gasteiger partial charge in [-0.05, 0) is 24.3 Å². The van der Waals surface area contributed by atoms with Crippen LogP contribution in [-0.4, -0.2) is 11.1 Å². The van der Waals surface area contributed by atoms with E-state index >= 15 is 0 Å². The highest BCUT2D eigenvalue weighted by atomic mass is 35.5. The molecule has 0 unspecified atom stereocenters. The van der Waals surface area contributed by atoms with Gasteiger partial charge in [-0.15, -0.1) is 0 Å². The van der Waals surface area contributed by atoms with Gasteiger partial charge in [-0.2, -0.15) is 0 Å². The Balaban J connectivity index is 2.46. The van der Waals surface area contributed by atoms with Crippen LogP contribution < -0.4 is 5.32 Å². The number of anilines is 2. The van der Waals surface area contributed by atoms with Crippen molar-refractivity contribution in [2.75, 3.05) is 5.32 Å². The van der Waals surface area contributed by atoms with E-state index in [1.807, 2.05) is 0 Å². The molecule has 0 fully saturated rings. The van der Waals surface area contributed by atoms with Crippen molar-refractivity contribution in [3.63, 3.8) is 0 Å². The molecule has 0 radical (unpaired) electrons. The Morgan fingerprint density at radius 1 is 1.17 bits per heavy atom. The zero-order valence-corrected chi connectivity index (χ0v) is 9.91. The first kappa shape index (κ1) is 12.4. The van der Waals surface area contributed by atoms with Crippen LogP contribution in [0.2, 0.25) is 5.02 Å². The number of aromatic carboxylic acids is 1. The number of para-hydroxylation sites is 2. The summed E-state index contributed by atoms with van der Waals surface area (Å²) < 4.78 is 13.7. The Hall–Kier alpha value is -2.07. The number of nitrogens with one attached hydrogen (secondary N) is 1. The minimum Gasteiger partial charge on any atom is -0.478 e. The summed E-state index contributed by atoms with van der Waals surface area (Å²) in [6, 6.07) is 10.6. The first-order chi connectivity index (χ1) is 8.59. The molecule has 18 heavy (non-hydrogen) atoms. The predicted octanol–water partition coefficient (Wildman–Crippen LogP) is 3.92. The van der Waals surface area contributed by atoms with Gasteiger partial charge >= 0.3 is 5.97 Å². The minimum absolute atomic E-state index is 0.0990. The summed E-state index contributed by atoms with van der Waals surface area (Å²) >= 11 is 5.93. The van der Waals surface area contributed by atoms with Gasteiger partial charge in [-0.1, -0.05) is 29.8 Å². The number of carboxylic acids is 1. The average Bonchev–Trinajstić information content (AvgIpc) is 2.34. The predicted molar refractivity (Wildman–Crippen MR) is 68.1 cm³/mol. The maximum atomic E-state index is 13.7. The van der Waals surface area contributed by atoms with Crippen LogP contribution in [0.3, 0.4) is 0 Å². The van der Waals surface area contributed by atoms with Crippen LogP contribution in [0.1, 0.15) is 10.4 Å². The van der Waals surface area contributed by atoms with Crippen molar-refractivity contribution >= 4 is 28.9 Å². The fraction of sp³-hybridized carbons (Fsp3) is 0. The summed E-state index contributed by atoms with van der Waals surface area (Å²) in [5.41, 5.74) is 0.208. The number of hydrogen-bond donors (Lipinski definition) is 2. The summed E-state index contributed by atoms with van der Waals surface area (Å²) in [7, 11) is 0. The van der Waals surface area contributed by atoms with E-state index in [1.54, 1.807) is 24.3 Å². The molecule has 0 saturated carbocycles. The maximum Gasteiger partial charge on any atom is 0.337 e. The van der Waals surface area contributed by atoms with E-state index in [1.165, 1.54) is 18.2 Å². The van der Waals surface area contributed by atoms with Crippen LogP contribution in [-0.2, 0) is 0 Å². The molecule has 0 spiro atoms. The molecule has 0 saturated heterocycles. The third-order valence-electron chi connectivity index (χ3n) is 2.38. The molecule has 0 amide bonds. The molecule has 0 aliphatic rings. The molecule has 2 rings (SSSR count). The van der Waals surface area contributed by atoms with Gasteiger partial charge in [0.2, 0.25) is 0 Å². The first-order valence-corrected chi connectivity index (χ1v) is 5.51. The van der Waals surface area contributed by atoms with Crippen LogP contribution in [0.5, 0.6) is 0 Å². The van der Waals surface area contributed by atoms with Gasteiger partial charge in [0.05, 0.1) is 22.0 Å². The Labute approximate surface area is 108 Å². The van der Waals surface area contributed by atoms with Crippen LogP contribution >= 0.6 is 11.6 Å². The molecule has 5 heteroatoms. The summed E-state index contributed by atoms with van der Waals surface area (Å²) in [6.45, 7) is 0. The normalized spacial score (nSPS) is 10.1. The number of halogens is 2. The number of hydrogen-bond acceptors (Lipinski definition) is 2. The van der Waals surface area contributed by atoms with Gasteiger partial charge in [-0.25, -0.2) is 9.18 Å². The standard InChI is InChI=1S/C13H9ClFNO2/c14-9-5-1-2-7-11(9)16-12-8(13(17)18)4-3-6-10(12)15/h1-7,16H,(H,17,18). The second-order valence-corrected chi connectivity index (χ2v) is 3.98. The van der Waals surface area contributed by atoms with Crippen molar-refractivity contribution in [3.8, 4) is 0 Å². The Kier molecular flexibility index (Phi) is 3.48. The molecule has 2 aromatic carbocycles. The summed E-state index contributed by atoms with van der Waals surface area (Å²) in [5, 5.41) is 12.1. The Morgan fingerprint density at radius 3 is 2.56 bits per heavy atom. The van der Waals surface area contributed by atoms with Gasteiger partial charge in [0.15, 0.2) is 0 Å². The lowest BCUT2D eigenvalue weighted by Gasteiger charge is -2.11. The van der Waals surface area contributed by atoms with E-state index in [0.717, 1.165) is 0 Å².